The number of benzene rings is 2. The van der Waals surface area contributed by atoms with Crippen LogP contribution in [0.4, 0.5) is 0 Å². The van der Waals surface area contributed by atoms with Crippen LogP contribution in [-0.2, 0) is 4.79 Å². The largest absolute Gasteiger partial charge is 0.426 e. The fourth-order valence-corrected chi connectivity index (χ4v) is 4.27. The van der Waals surface area contributed by atoms with Crippen molar-refractivity contribution in [3.05, 3.63) is 54.6 Å². The molecule has 4 rings (SSSR count). The Kier molecular flexibility index (Phi) is 7.13. The van der Waals surface area contributed by atoms with Gasteiger partial charge in [-0.05, 0) is 68.0 Å². The maximum atomic E-state index is 12.6. The highest BCUT2D eigenvalue weighted by molar-refractivity contribution is 5.75. The standard InChI is InChI=1S/C26H30N2O3/c1-2-3-5-8-19-11-13-22(14-12-19)26(29)30-23-17-15-21(16-18-23)25-28-27-24(31-25)20-9-6-4-7-10-20/h4,6-7,9-10,15-19,22H,2-3,5,8,11-14H2,1H3. The van der Waals surface area contributed by atoms with Gasteiger partial charge in [0.2, 0.25) is 11.8 Å². The SMILES string of the molecule is CCCCCC1CCC(C(=O)Oc2ccc(-c3nnc(-c4ccccc4)o3)cc2)CC1. The summed E-state index contributed by atoms with van der Waals surface area (Å²) in [4.78, 5) is 12.6. The second kappa shape index (κ2) is 10.4. The highest BCUT2D eigenvalue weighted by Gasteiger charge is 2.27. The van der Waals surface area contributed by atoms with E-state index in [0.29, 0.717) is 17.5 Å². The van der Waals surface area contributed by atoms with Crippen LogP contribution in [0.15, 0.2) is 59.0 Å². The van der Waals surface area contributed by atoms with Crippen molar-refractivity contribution < 1.29 is 13.9 Å². The van der Waals surface area contributed by atoms with E-state index in [2.05, 4.69) is 17.1 Å². The van der Waals surface area contributed by atoms with E-state index in [9.17, 15) is 4.79 Å². The van der Waals surface area contributed by atoms with Crippen LogP contribution in [0, 0.1) is 11.8 Å². The first kappa shape index (κ1) is 21.3. The number of aromatic nitrogens is 2. The summed E-state index contributed by atoms with van der Waals surface area (Å²) in [5.41, 5.74) is 1.67. The summed E-state index contributed by atoms with van der Waals surface area (Å²) in [6.07, 6.45) is 9.37. The molecule has 0 atom stereocenters. The molecule has 2 aromatic carbocycles. The number of nitrogens with zero attached hydrogens (tertiary/aromatic N) is 2. The number of hydrogen-bond donors (Lipinski definition) is 0. The second-order valence-corrected chi connectivity index (χ2v) is 8.44. The lowest BCUT2D eigenvalue weighted by molar-refractivity contribution is -0.140. The van der Waals surface area contributed by atoms with Gasteiger partial charge in [0, 0.05) is 11.1 Å². The van der Waals surface area contributed by atoms with Crippen molar-refractivity contribution >= 4 is 5.97 Å². The van der Waals surface area contributed by atoms with E-state index in [1.54, 1.807) is 12.1 Å². The summed E-state index contributed by atoms with van der Waals surface area (Å²) in [6, 6.07) is 16.9. The van der Waals surface area contributed by atoms with Crippen LogP contribution in [0.3, 0.4) is 0 Å². The number of ether oxygens (including phenoxy) is 1. The average molecular weight is 419 g/mol. The summed E-state index contributed by atoms with van der Waals surface area (Å²) in [6.45, 7) is 2.24. The fraction of sp³-hybridized carbons (Fsp3) is 0.423. The molecule has 5 heteroatoms. The first-order valence-corrected chi connectivity index (χ1v) is 11.4. The Morgan fingerprint density at radius 2 is 1.55 bits per heavy atom. The molecule has 3 aromatic rings. The van der Waals surface area contributed by atoms with Gasteiger partial charge < -0.3 is 9.15 Å². The highest BCUT2D eigenvalue weighted by Crippen LogP contribution is 2.33. The molecule has 0 bridgehead atoms. The van der Waals surface area contributed by atoms with E-state index in [1.807, 2.05) is 42.5 Å². The minimum atomic E-state index is -0.107. The first-order chi connectivity index (χ1) is 15.2. The average Bonchev–Trinajstić information content (AvgIpc) is 3.31. The van der Waals surface area contributed by atoms with E-state index >= 15 is 0 Å². The van der Waals surface area contributed by atoms with Gasteiger partial charge in [-0.15, -0.1) is 10.2 Å². The van der Waals surface area contributed by atoms with E-state index in [-0.39, 0.29) is 11.9 Å². The topological polar surface area (TPSA) is 65.2 Å². The van der Waals surface area contributed by atoms with Gasteiger partial charge in [0.25, 0.3) is 0 Å². The predicted octanol–water partition coefficient (Wildman–Crippen LogP) is 6.70. The summed E-state index contributed by atoms with van der Waals surface area (Å²) < 4.78 is 11.4. The van der Waals surface area contributed by atoms with Crippen molar-refractivity contribution in [1.29, 1.82) is 0 Å². The molecular weight excluding hydrogens is 388 g/mol. The summed E-state index contributed by atoms with van der Waals surface area (Å²) in [7, 11) is 0. The van der Waals surface area contributed by atoms with Crippen LogP contribution < -0.4 is 4.74 Å². The van der Waals surface area contributed by atoms with Crippen LogP contribution in [0.2, 0.25) is 0 Å². The van der Waals surface area contributed by atoms with Crippen LogP contribution >= 0.6 is 0 Å². The zero-order valence-corrected chi connectivity index (χ0v) is 18.1. The Bertz CT molecular complexity index is 958. The smallest absolute Gasteiger partial charge is 0.314 e. The summed E-state index contributed by atoms with van der Waals surface area (Å²) in [5.74, 6) is 2.18. The van der Waals surface area contributed by atoms with Gasteiger partial charge in [0.1, 0.15) is 5.75 Å². The van der Waals surface area contributed by atoms with Crippen LogP contribution in [0.1, 0.15) is 58.3 Å². The zero-order chi connectivity index (χ0) is 21.5. The minimum Gasteiger partial charge on any atom is -0.426 e. The Morgan fingerprint density at radius 1 is 0.903 bits per heavy atom. The number of hydrogen-bond acceptors (Lipinski definition) is 5. The number of unbranched alkanes of at least 4 members (excludes halogenated alkanes) is 2. The summed E-state index contributed by atoms with van der Waals surface area (Å²) >= 11 is 0. The van der Waals surface area contributed by atoms with E-state index in [0.717, 1.165) is 42.7 Å². The number of carbonyl (C=O) groups excluding carboxylic acids is 1. The molecule has 0 spiro atoms. The van der Waals surface area contributed by atoms with Crippen molar-refractivity contribution in [2.75, 3.05) is 0 Å². The lowest BCUT2D eigenvalue weighted by Crippen LogP contribution is -2.25. The monoisotopic (exact) mass is 418 g/mol. The molecular formula is C26H30N2O3. The molecule has 0 amide bonds. The highest BCUT2D eigenvalue weighted by atomic mass is 16.5. The maximum absolute atomic E-state index is 12.6. The molecule has 0 aliphatic heterocycles. The molecule has 0 saturated heterocycles. The second-order valence-electron chi connectivity index (χ2n) is 8.44. The molecule has 5 nitrogen and oxygen atoms in total. The molecule has 1 heterocycles. The van der Waals surface area contributed by atoms with E-state index in [4.69, 9.17) is 9.15 Å². The van der Waals surface area contributed by atoms with Gasteiger partial charge in [-0.2, -0.15) is 0 Å². The van der Waals surface area contributed by atoms with Crippen molar-refractivity contribution in [3.8, 4) is 28.7 Å². The maximum Gasteiger partial charge on any atom is 0.314 e. The Morgan fingerprint density at radius 3 is 2.19 bits per heavy atom. The molecule has 0 unspecified atom stereocenters. The van der Waals surface area contributed by atoms with Gasteiger partial charge in [-0.25, -0.2) is 0 Å². The van der Waals surface area contributed by atoms with Gasteiger partial charge in [-0.3, -0.25) is 4.79 Å². The number of carbonyl (C=O) groups is 1. The molecule has 0 N–H and O–H groups in total. The van der Waals surface area contributed by atoms with Crippen molar-refractivity contribution in [1.82, 2.24) is 10.2 Å². The van der Waals surface area contributed by atoms with E-state index < -0.39 is 0 Å². The number of esters is 1. The van der Waals surface area contributed by atoms with Gasteiger partial charge in [-0.1, -0.05) is 50.8 Å². The third-order valence-corrected chi connectivity index (χ3v) is 6.16. The molecule has 162 valence electrons. The van der Waals surface area contributed by atoms with E-state index in [1.165, 1.54) is 25.7 Å². The summed E-state index contributed by atoms with van der Waals surface area (Å²) in [5, 5.41) is 8.26. The third-order valence-electron chi connectivity index (χ3n) is 6.16. The van der Waals surface area contributed by atoms with Crippen molar-refractivity contribution in [2.24, 2.45) is 11.8 Å². The zero-order valence-electron chi connectivity index (χ0n) is 18.1. The predicted molar refractivity (Wildman–Crippen MR) is 120 cm³/mol. The molecule has 1 saturated carbocycles. The quantitative estimate of drug-likeness (QED) is 0.231. The number of rotatable bonds is 8. The van der Waals surface area contributed by atoms with Crippen LogP contribution in [-0.4, -0.2) is 16.2 Å². The fourth-order valence-electron chi connectivity index (χ4n) is 4.27. The van der Waals surface area contributed by atoms with Gasteiger partial charge in [0.05, 0.1) is 5.92 Å². The molecule has 0 radical (unpaired) electrons. The van der Waals surface area contributed by atoms with Crippen LogP contribution in [0.25, 0.3) is 22.9 Å². The minimum absolute atomic E-state index is 0.0199. The lowest BCUT2D eigenvalue weighted by Gasteiger charge is -2.27. The van der Waals surface area contributed by atoms with Crippen molar-refractivity contribution in [2.45, 2.75) is 58.3 Å². The molecule has 1 aromatic heterocycles. The normalized spacial score (nSPS) is 18.6. The van der Waals surface area contributed by atoms with Crippen molar-refractivity contribution in [3.63, 3.8) is 0 Å². The van der Waals surface area contributed by atoms with Crippen LogP contribution in [0.5, 0.6) is 5.75 Å². The first-order valence-electron chi connectivity index (χ1n) is 11.4. The molecule has 1 aliphatic carbocycles. The lowest BCUT2D eigenvalue weighted by atomic mass is 9.80. The third kappa shape index (κ3) is 5.60. The molecule has 1 fully saturated rings. The Hall–Kier alpha value is -2.95. The molecule has 31 heavy (non-hydrogen) atoms. The Labute approximate surface area is 183 Å². The molecule has 1 aliphatic rings. The Balaban J connectivity index is 1.30. The van der Waals surface area contributed by atoms with Gasteiger partial charge >= 0.3 is 5.97 Å². The van der Waals surface area contributed by atoms with Gasteiger partial charge in [0.15, 0.2) is 0 Å².